The number of carbonyl (C=O) groups is 1. The van der Waals surface area contributed by atoms with Crippen LogP contribution in [0.25, 0.3) is 0 Å². The van der Waals surface area contributed by atoms with E-state index in [1.165, 1.54) is 0 Å². The summed E-state index contributed by atoms with van der Waals surface area (Å²) in [6, 6.07) is 9.59. The number of hydrogen-bond acceptors (Lipinski definition) is 3. The van der Waals surface area contributed by atoms with Gasteiger partial charge in [0.2, 0.25) is 0 Å². The van der Waals surface area contributed by atoms with Crippen LogP contribution in [0.4, 0.5) is 4.79 Å². The van der Waals surface area contributed by atoms with Crippen LogP contribution in [0.15, 0.2) is 42.7 Å². The molecule has 6 nitrogen and oxygen atoms in total. The molecule has 1 unspecified atom stereocenters. The number of rotatable bonds is 2. The van der Waals surface area contributed by atoms with Gasteiger partial charge < -0.3 is 15.0 Å². The second kappa shape index (κ2) is 7.41. The molecule has 2 heterocycles. The third-order valence-corrected chi connectivity index (χ3v) is 4.21. The van der Waals surface area contributed by atoms with Gasteiger partial charge in [0.05, 0.1) is 25.9 Å². The first-order valence-corrected chi connectivity index (χ1v) is 8.27. The van der Waals surface area contributed by atoms with Gasteiger partial charge in [-0.3, -0.25) is 4.68 Å². The highest BCUT2D eigenvalue weighted by molar-refractivity contribution is 5.74. The van der Waals surface area contributed by atoms with Crippen molar-refractivity contribution in [2.45, 2.75) is 12.5 Å². The molecule has 0 spiro atoms. The first-order valence-electron chi connectivity index (χ1n) is 8.27. The number of hydrogen-bond donors (Lipinski definition) is 1. The van der Waals surface area contributed by atoms with Crippen molar-refractivity contribution in [2.24, 2.45) is 7.05 Å². The number of urea groups is 1. The number of benzene rings is 1. The van der Waals surface area contributed by atoms with Crippen LogP contribution in [0, 0.1) is 11.8 Å². The van der Waals surface area contributed by atoms with Crippen molar-refractivity contribution in [1.82, 2.24) is 20.0 Å². The van der Waals surface area contributed by atoms with Crippen molar-refractivity contribution in [1.29, 1.82) is 0 Å². The number of nitrogens with one attached hydrogen (secondary N) is 1. The first kappa shape index (κ1) is 17.1. The average molecular weight is 338 g/mol. The van der Waals surface area contributed by atoms with E-state index < -0.39 is 5.60 Å². The van der Waals surface area contributed by atoms with E-state index in [9.17, 15) is 4.79 Å². The van der Waals surface area contributed by atoms with Crippen LogP contribution in [0.5, 0.6) is 0 Å². The van der Waals surface area contributed by atoms with E-state index in [4.69, 9.17) is 4.74 Å². The predicted molar refractivity (Wildman–Crippen MR) is 94.8 cm³/mol. The van der Waals surface area contributed by atoms with Crippen molar-refractivity contribution >= 4 is 6.03 Å². The highest BCUT2D eigenvalue weighted by Crippen LogP contribution is 2.28. The lowest BCUT2D eigenvalue weighted by Gasteiger charge is -2.39. The van der Waals surface area contributed by atoms with E-state index in [0.717, 1.165) is 11.1 Å². The molecule has 0 radical (unpaired) electrons. The fraction of sp³-hybridized carbons (Fsp3) is 0.368. The third kappa shape index (κ3) is 4.20. The number of ether oxygens (including phenoxy) is 1. The van der Waals surface area contributed by atoms with Crippen LogP contribution in [0.3, 0.4) is 0 Å². The molecule has 6 heteroatoms. The minimum atomic E-state index is -0.542. The number of morpholine rings is 1. The van der Waals surface area contributed by atoms with E-state index in [-0.39, 0.29) is 6.03 Å². The molecule has 1 saturated heterocycles. The van der Waals surface area contributed by atoms with Crippen LogP contribution >= 0.6 is 0 Å². The molecule has 1 aromatic carbocycles. The van der Waals surface area contributed by atoms with Gasteiger partial charge in [-0.1, -0.05) is 30.0 Å². The van der Waals surface area contributed by atoms with Crippen LogP contribution in [0.2, 0.25) is 0 Å². The number of carbonyl (C=O) groups excluding carboxylic acids is 1. The average Bonchev–Trinajstić information content (AvgIpc) is 3.07. The van der Waals surface area contributed by atoms with Crippen molar-refractivity contribution < 1.29 is 9.53 Å². The summed E-state index contributed by atoms with van der Waals surface area (Å²) in [5.74, 6) is 6.00. The van der Waals surface area contributed by atoms with E-state index in [1.807, 2.05) is 50.5 Å². The van der Waals surface area contributed by atoms with Crippen LogP contribution in [0.1, 0.15) is 18.1 Å². The Kier molecular flexibility index (Phi) is 5.05. The Morgan fingerprint density at radius 2 is 2.20 bits per heavy atom. The maximum atomic E-state index is 12.4. The maximum Gasteiger partial charge on any atom is 0.318 e. The summed E-state index contributed by atoms with van der Waals surface area (Å²) in [5.41, 5.74) is 1.36. The Balaban J connectivity index is 1.56. The van der Waals surface area contributed by atoms with Gasteiger partial charge in [0.25, 0.3) is 0 Å². The maximum absolute atomic E-state index is 12.4. The highest BCUT2D eigenvalue weighted by Gasteiger charge is 2.36. The summed E-state index contributed by atoms with van der Waals surface area (Å²) < 4.78 is 7.66. The molecule has 1 aliphatic rings. The normalized spacial score (nSPS) is 19.8. The molecule has 1 fully saturated rings. The Morgan fingerprint density at radius 1 is 1.40 bits per heavy atom. The van der Waals surface area contributed by atoms with E-state index in [1.54, 1.807) is 15.8 Å². The number of aryl methyl sites for hydroxylation is 1. The molecule has 0 aliphatic carbocycles. The predicted octanol–water partition coefficient (Wildman–Crippen LogP) is 1.73. The molecule has 25 heavy (non-hydrogen) atoms. The molecule has 1 aromatic heterocycles. The zero-order chi connectivity index (χ0) is 17.7. The van der Waals surface area contributed by atoms with Gasteiger partial charge in [-0.05, 0) is 19.1 Å². The van der Waals surface area contributed by atoms with Crippen LogP contribution < -0.4 is 5.32 Å². The topological polar surface area (TPSA) is 59.4 Å². The lowest BCUT2D eigenvalue weighted by Crippen LogP contribution is -2.53. The van der Waals surface area contributed by atoms with Crippen molar-refractivity contribution in [3.63, 3.8) is 0 Å². The number of nitrogens with zero attached hydrogens (tertiary/aromatic N) is 3. The lowest BCUT2D eigenvalue weighted by atomic mass is 9.97. The molecule has 0 saturated carbocycles. The lowest BCUT2D eigenvalue weighted by molar-refractivity contribution is -0.0906. The van der Waals surface area contributed by atoms with Gasteiger partial charge in [0.1, 0.15) is 5.60 Å². The van der Waals surface area contributed by atoms with Gasteiger partial charge in [-0.2, -0.15) is 5.10 Å². The Bertz CT molecular complexity index is 791. The standard InChI is InChI=1S/C19H22N4O2/c1-19(17-13-21-22(2)14-17)15-23(11-12-25-19)18(24)20-10-6-9-16-7-4-3-5-8-16/h3-5,7-8,13-14H,10-12,15H2,1-2H3,(H,20,24). The molecular weight excluding hydrogens is 316 g/mol. The molecule has 2 aromatic rings. The van der Waals surface area contributed by atoms with Crippen LogP contribution in [-0.4, -0.2) is 47.0 Å². The van der Waals surface area contributed by atoms with Gasteiger partial charge in [-0.15, -0.1) is 0 Å². The number of aromatic nitrogens is 2. The van der Waals surface area contributed by atoms with E-state index in [0.29, 0.717) is 26.2 Å². The second-order valence-electron chi connectivity index (χ2n) is 6.23. The van der Waals surface area contributed by atoms with Crippen molar-refractivity contribution in [2.75, 3.05) is 26.2 Å². The van der Waals surface area contributed by atoms with Gasteiger partial charge in [-0.25, -0.2) is 4.79 Å². The molecule has 3 rings (SSSR count). The molecule has 0 bridgehead atoms. The Hall–Kier alpha value is -2.78. The van der Waals surface area contributed by atoms with Gasteiger partial charge >= 0.3 is 6.03 Å². The monoisotopic (exact) mass is 338 g/mol. The second-order valence-corrected chi connectivity index (χ2v) is 6.23. The molecule has 130 valence electrons. The van der Waals surface area contributed by atoms with Gasteiger partial charge in [0, 0.05) is 30.9 Å². The highest BCUT2D eigenvalue weighted by atomic mass is 16.5. The van der Waals surface area contributed by atoms with E-state index in [2.05, 4.69) is 22.3 Å². The molecule has 1 aliphatic heterocycles. The summed E-state index contributed by atoms with van der Waals surface area (Å²) in [7, 11) is 1.87. The minimum Gasteiger partial charge on any atom is -0.367 e. The SMILES string of the molecule is Cn1cc(C2(C)CN(C(=O)NCC#Cc3ccccc3)CCO2)cn1. The van der Waals surface area contributed by atoms with Gasteiger partial charge in [0.15, 0.2) is 0 Å². The quantitative estimate of drug-likeness (QED) is 0.849. The third-order valence-electron chi connectivity index (χ3n) is 4.21. The largest absolute Gasteiger partial charge is 0.367 e. The summed E-state index contributed by atoms with van der Waals surface area (Å²) in [4.78, 5) is 14.2. The van der Waals surface area contributed by atoms with Crippen molar-refractivity contribution in [3.8, 4) is 11.8 Å². The summed E-state index contributed by atoms with van der Waals surface area (Å²) in [6.45, 7) is 3.84. The zero-order valence-corrected chi connectivity index (χ0v) is 14.5. The first-order chi connectivity index (χ1) is 12.1. The zero-order valence-electron chi connectivity index (χ0n) is 14.5. The number of amides is 2. The van der Waals surface area contributed by atoms with Crippen molar-refractivity contribution in [3.05, 3.63) is 53.9 Å². The molecule has 1 N–H and O–H groups in total. The van der Waals surface area contributed by atoms with Crippen LogP contribution in [-0.2, 0) is 17.4 Å². The molecule has 2 amide bonds. The summed E-state index contributed by atoms with van der Waals surface area (Å²) in [6.07, 6.45) is 3.71. The Morgan fingerprint density at radius 3 is 2.92 bits per heavy atom. The smallest absolute Gasteiger partial charge is 0.318 e. The summed E-state index contributed by atoms with van der Waals surface area (Å²) in [5, 5.41) is 7.05. The summed E-state index contributed by atoms with van der Waals surface area (Å²) >= 11 is 0. The fourth-order valence-corrected chi connectivity index (χ4v) is 2.81. The molecular formula is C19H22N4O2. The Labute approximate surface area is 147 Å². The van der Waals surface area contributed by atoms with E-state index >= 15 is 0 Å². The molecule has 1 atom stereocenters. The fourth-order valence-electron chi connectivity index (χ4n) is 2.81. The minimum absolute atomic E-state index is 0.124.